The van der Waals surface area contributed by atoms with Gasteiger partial charge in [0, 0.05) is 17.9 Å². The molecule has 0 bridgehead atoms. The van der Waals surface area contributed by atoms with Crippen molar-refractivity contribution in [2.75, 3.05) is 0 Å². The summed E-state index contributed by atoms with van der Waals surface area (Å²) in [6.45, 7) is 4.37. The molecule has 22 heavy (non-hydrogen) atoms. The van der Waals surface area contributed by atoms with Crippen molar-refractivity contribution in [3.63, 3.8) is 0 Å². The first-order chi connectivity index (χ1) is 10.7. The summed E-state index contributed by atoms with van der Waals surface area (Å²) in [7, 11) is 0. The molecule has 3 nitrogen and oxygen atoms in total. The van der Waals surface area contributed by atoms with E-state index in [2.05, 4.69) is 61.3 Å². The van der Waals surface area contributed by atoms with E-state index in [1.807, 2.05) is 12.1 Å². The van der Waals surface area contributed by atoms with Crippen molar-refractivity contribution < 1.29 is 4.74 Å². The summed E-state index contributed by atoms with van der Waals surface area (Å²) in [5, 5.41) is 7.07. The molecule has 0 saturated heterocycles. The van der Waals surface area contributed by atoms with Crippen LogP contribution in [0.15, 0.2) is 59.7 Å². The van der Waals surface area contributed by atoms with Gasteiger partial charge < -0.3 is 4.74 Å². The molecule has 112 valence electrons. The van der Waals surface area contributed by atoms with Crippen molar-refractivity contribution in [1.29, 1.82) is 0 Å². The molecule has 0 fully saturated rings. The van der Waals surface area contributed by atoms with Gasteiger partial charge in [-0.25, -0.2) is 5.01 Å². The summed E-state index contributed by atoms with van der Waals surface area (Å²) in [4.78, 5) is 0. The van der Waals surface area contributed by atoms with Gasteiger partial charge in [0.2, 0.25) is 0 Å². The van der Waals surface area contributed by atoms with E-state index in [0.717, 1.165) is 17.9 Å². The second-order valence-corrected chi connectivity index (χ2v) is 6.30. The topological polar surface area (TPSA) is 24.8 Å². The number of ether oxygens (including phenoxy) is 1. The van der Waals surface area contributed by atoms with Crippen LogP contribution in [0.4, 0.5) is 0 Å². The maximum Gasteiger partial charge on any atom is 0.190 e. The van der Waals surface area contributed by atoms with E-state index >= 15 is 0 Å². The highest BCUT2D eigenvalue weighted by molar-refractivity contribution is 6.01. The van der Waals surface area contributed by atoms with Gasteiger partial charge in [0.05, 0.1) is 11.8 Å². The first kappa shape index (κ1) is 13.4. The molecule has 2 heterocycles. The average Bonchev–Trinajstić information content (AvgIpc) is 3.00. The Morgan fingerprint density at radius 1 is 1.05 bits per heavy atom. The highest BCUT2D eigenvalue weighted by atomic mass is 16.5. The quantitative estimate of drug-likeness (QED) is 0.828. The van der Waals surface area contributed by atoms with Crippen LogP contribution in [0.1, 0.15) is 37.4 Å². The van der Waals surface area contributed by atoms with Crippen molar-refractivity contribution in [2.24, 2.45) is 11.0 Å². The fourth-order valence-electron chi connectivity index (χ4n) is 3.31. The van der Waals surface area contributed by atoms with Crippen molar-refractivity contribution in [1.82, 2.24) is 5.01 Å². The Labute approximate surface area is 131 Å². The third-order valence-corrected chi connectivity index (χ3v) is 4.41. The van der Waals surface area contributed by atoms with E-state index in [0.29, 0.717) is 5.92 Å². The van der Waals surface area contributed by atoms with Gasteiger partial charge >= 0.3 is 0 Å². The molecule has 3 heteroatoms. The lowest BCUT2D eigenvalue weighted by Gasteiger charge is -2.39. The normalized spacial score (nSPS) is 22.9. The van der Waals surface area contributed by atoms with Gasteiger partial charge in [-0.1, -0.05) is 62.4 Å². The Hall–Kier alpha value is -2.29. The van der Waals surface area contributed by atoms with Crippen LogP contribution in [0.25, 0.3) is 0 Å². The summed E-state index contributed by atoms with van der Waals surface area (Å²) in [5.74, 6) is 1.39. The zero-order chi connectivity index (χ0) is 15.1. The lowest BCUT2D eigenvalue weighted by Crippen LogP contribution is -2.43. The average molecular weight is 292 g/mol. The summed E-state index contributed by atoms with van der Waals surface area (Å²) in [6.07, 6.45) is 0.939. The molecule has 2 aromatic carbocycles. The van der Waals surface area contributed by atoms with Crippen LogP contribution >= 0.6 is 0 Å². The Balaban J connectivity index is 1.76. The first-order valence-corrected chi connectivity index (χ1v) is 7.91. The van der Waals surface area contributed by atoms with Gasteiger partial charge in [0.15, 0.2) is 6.23 Å². The fraction of sp³-hybridized carbons (Fsp3) is 0.316. The SMILES string of the molecule is CC(C)[C@@H]1Oc2ccccc2[C@@H]2CC(c3ccccc3)=NN21. The van der Waals surface area contributed by atoms with Crippen LogP contribution < -0.4 is 4.74 Å². The number of rotatable bonds is 2. The maximum absolute atomic E-state index is 6.21. The molecule has 0 unspecified atom stereocenters. The molecule has 2 aliphatic heterocycles. The number of para-hydroxylation sites is 1. The van der Waals surface area contributed by atoms with Crippen LogP contribution in [0.3, 0.4) is 0 Å². The molecule has 2 aliphatic rings. The predicted molar refractivity (Wildman–Crippen MR) is 87.9 cm³/mol. The van der Waals surface area contributed by atoms with E-state index in [9.17, 15) is 0 Å². The molecule has 0 aliphatic carbocycles. The monoisotopic (exact) mass is 292 g/mol. The molecular formula is C19H20N2O. The first-order valence-electron chi connectivity index (χ1n) is 7.91. The van der Waals surface area contributed by atoms with Crippen LogP contribution in [-0.4, -0.2) is 16.9 Å². The van der Waals surface area contributed by atoms with Gasteiger partial charge in [0.1, 0.15) is 5.75 Å². The zero-order valence-corrected chi connectivity index (χ0v) is 12.9. The largest absolute Gasteiger partial charge is 0.468 e. The third kappa shape index (κ3) is 2.08. The Bertz CT molecular complexity index is 708. The second-order valence-electron chi connectivity index (χ2n) is 6.30. The number of nitrogens with zero attached hydrogens (tertiary/aromatic N) is 2. The van der Waals surface area contributed by atoms with E-state index < -0.39 is 0 Å². The summed E-state index contributed by atoms with van der Waals surface area (Å²) < 4.78 is 6.21. The number of benzene rings is 2. The number of fused-ring (bicyclic) bond motifs is 3. The minimum Gasteiger partial charge on any atom is -0.468 e. The van der Waals surface area contributed by atoms with Crippen LogP contribution in [-0.2, 0) is 0 Å². The summed E-state index contributed by atoms with van der Waals surface area (Å²) in [5.41, 5.74) is 3.60. The second kappa shape index (κ2) is 5.16. The van der Waals surface area contributed by atoms with Crippen molar-refractivity contribution >= 4 is 5.71 Å². The Morgan fingerprint density at radius 3 is 2.55 bits per heavy atom. The lowest BCUT2D eigenvalue weighted by molar-refractivity contribution is -0.0461. The smallest absolute Gasteiger partial charge is 0.190 e. The molecule has 4 rings (SSSR count). The van der Waals surface area contributed by atoms with E-state index in [1.54, 1.807) is 0 Å². The molecule has 2 aromatic rings. The number of hydrogen-bond acceptors (Lipinski definition) is 3. The van der Waals surface area contributed by atoms with Gasteiger partial charge in [-0.3, -0.25) is 0 Å². The van der Waals surface area contributed by atoms with E-state index in [1.165, 1.54) is 11.1 Å². The lowest BCUT2D eigenvalue weighted by atomic mass is 9.95. The third-order valence-electron chi connectivity index (χ3n) is 4.41. The minimum absolute atomic E-state index is 0.00103. The molecule has 0 saturated carbocycles. The van der Waals surface area contributed by atoms with Crippen molar-refractivity contribution in [2.45, 2.75) is 32.5 Å². The van der Waals surface area contributed by atoms with E-state index in [-0.39, 0.29) is 12.3 Å². The highest BCUT2D eigenvalue weighted by Gasteiger charge is 2.41. The number of hydrazone groups is 1. The molecule has 0 amide bonds. The standard InChI is InChI=1S/C19H20N2O/c1-13(2)19-21-17(15-10-6-7-11-18(15)22-19)12-16(20-21)14-8-4-3-5-9-14/h3-11,13,17,19H,12H2,1-2H3/t17-,19-/m0/s1. The van der Waals surface area contributed by atoms with Crippen LogP contribution in [0, 0.1) is 5.92 Å². The maximum atomic E-state index is 6.21. The summed E-state index contributed by atoms with van der Waals surface area (Å²) >= 11 is 0. The molecule has 0 N–H and O–H groups in total. The molecule has 0 radical (unpaired) electrons. The summed E-state index contributed by atoms with van der Waals surface area (Å²) in [6, 6.07) is 19.1. The zero-order valence-electron chi connectivity index (χ0n) is 12.9. The predicted octanol–water partition coefficient (Wildman–Crippen LogP) is 4.21. The fourth-order valence-corrected chi connectivity index (χ4v) is 3.31. The molecule has 2 atom stereocenters. The Morgan fingerprint density at radius 2 is 1.77 bits per heavy atom. The van der Waals surface area contributed by atoms with Crippen molar-refractivity contribution in [3.8, 4) is 5.75 Å². The molecule has 0 spiro atoms. The van der Waals surface area contributed by atoms with Gasteiger partial charge in [-0.05, 0) is 11.6 Å². The molecule has 0 aromatic heterocycles. The van der Waals surface area contributed by atoms with Gasteiger partial charge in [-0.15, -0.1) is 0 Å². The highest BCUT2D eigenvalue weighted by Crippen LogP contribution is 2.44. The van der Waals surface area contributed by atoms with Crippen LogP contribution in [0.5, 0.6) is 5.75 Å². The van der Waals surface area contributed by atoms with Gasteiger partial charge in [-0.2, -0.15) is 5.10 Å². The molecular weight excluding hydrogens is 272 g/mol. The van der Waals surface area contributed by atoms with Gasteiger partial charge in [0.25, 0.3) is 0 Å². The van der Waals surface area contributed by atoms with Crippen LogP contribution in [0.2, 0.25) is 0 Å². The van der Waals surface area contributed by atoms with Crippen molar-refractivity contribution in [3.05, 3.63) is 65.7 Å². The van der Waals surface area contributed by atoms with E-state index in [4.69, 9.17) is 9.84 Å². The number of hydrogen-bond donors (Lipinski definition) is 0. The Kier molecular flexibility index (Phi) is 3.14. The minimum atomic E-state index is 0.00103.